The number of hydrogen-bond donors (Lipinski definition) is 2. The maximum atomic E-state index is 13.4. The summed E-state index contributed by atoms with van der Waals surface area (Å²) < 4.78 is 26.4. The van der Waals surface area contributed by atoms with E-state index in [2.05, 4.69) is 11.2 Å². The first-order valence-electron chi connectivity index (χ1n) is 5.01. The molecule has 4 heteroatoms. The van der Waals surface area contributed by atoms with Crippen LogP contribution >= 0.6 is 0 Å². The van der Waals surface area contributed by atoms with Gasteiger partial charge in [-0.3, -0.25) is 0 Å². The molecule has 3 N–H and O–H groups in total. The molecule has 16 heavy (non-hydrogen) atoms. The van der Waals surface area contributed by atoms with Crippen LogP contribution in [0.5, 0.6) is 0 Å². The second-order valence-electron chi connectivity index (χ2n) is 3.36. The summed E-state index contributed by atoms with van der Waals surface area (Å²) in [7, 11) is 0. The Balaban J connectivity index is 2.78. The Morgan fingerprint density at radius 2 is 2.19 bits per heavy atom. The van der Waals surface area contributed by atoms with Crippen molar-refractivity contribution in [1.29, 1.82) is 0 Å². The average molecular weight is 224 g/mol. The summed E-state index contributed by atoms with van der Waals surface area (Å²) in [5.41, 5.74) is 5.74. The highest BCUT2D eigenvalue weighted by Crippen LogP contribution is 2.17. The molecule has 0 radical (unpaired) electrons. The van der Waals surface area contributed by atoms with E-state index in [1.54, 1.807) is 0 Å². The SMILES string of the molecule is C#CCCNC(CN)c1cc(F)ccc1F. The topological polar surface area (TPSA) is 38.0 Å². The van der Waals surface area contributed by atoms with Gasteiger partial charge in [0.25, 0.3) is 0 Å². The summed E-state index contributed by atoms with van der Waals surface area (Å²) in [6, 6.07) is 2.91. The molecular weight excluding hydrogens is 210 g/mol. The lowest BCUT2D eigenvalue weighted by Gasteiger charge is -2.17. The van der Waals surface area contributed by atoms with E-state index in [1.165, 1.54) is 0 Å². The van der Waals surface area contributed by atoms with Crippen LogP contribution in [0.3, 0.4) is 0 Å². The first-order chi connectivity index (χ1) is 7.69. The molecule has 0 aliphatic carbocycles. The molecule has 0 fully saturated rings. The van der Waals surface area contributed by atoms with Gasteiger partial charge >= 0.3 is 0 Å². The monoisotopic (exact) mass is 224 g/mol. The Morgan fingerprint density at radius 1 is 1.44 bits per heavy atom. The zero-order valence-corrected chi connectivity index (χ0v) is 8.84. The molecule has 0 aromatic heterocycles. The lowest BCUT2D eigenvalue weighted by Crippen LogP contribution is -2.29. The van der Waals surface area contributed by atoms with Gasteiger partial charge in [0.2, 0.25) is 0 Å². The number of halogens is 2. The molecule has 1 rings (SSSR count). The van der Waals surface area contributed by atoms with Crippen LogP contribution in [0, 0.1) is 24.0 Å². The molecule has 86 valence electrons. The van der Waals surface area contributed by atoms with Crippen molar-refractivity contribution in [3.63, 3.8) is 0 Å². The third-order valence-electron chi connectivity index (χ3n) is 2.23. The Bertz CT molecular complexity index is 385. The summed E-state index contributed by atoms with van der Waals surface area (Å²) in [5.74, 6) is 1.51. The summed E-state index contributed by atoms with van der Waals surface area (Å²) in [6.45, 7) is 0.708. The fourth-order valence-corrected chi connectivity index (χ4v) is 1.42. The van der Waals surface area contributed by atoms with E-state index in [0.29, 0.717) is 13.0 Å². The van der Waals surface area contributed by atoms with E-state index < -0.39 is 17.7 Å². The van der Waals surface area contributed by atoms with Crippen LogP contribution in [0.15, 0.2) is 18.2 Å². The summed E-state index contributed by atoms with van der Waals surface area (Å²) >= 11 is 0. The van der Waals surface area contributed by atoms with Gasteiger partial charge < -0.3 is 11.1 Å². The quantitative estimate of drug-likeness (QED) is 0.588. The summed E-state index contributed by atoms with van der Waals surface area (Å²) in [6.07, 6.45) is 5.61. The minimum absolute atomic E-state index is 0.185. The van der Waals surface area contributed by atoms with Crippen molar-refractivity contribution in [2.75, 3.05) is 13.1 Å². The molecule has 0 bridgehead atoms. The zero-order valence-electron chi connectivity index (χ0n) is 8.84. The molecule has 1 atom stereocenters. The van der Waals surface area contributed by atoms with Crippen LogP contribution < -0.4 is 11.1 Å². The van der Waals surface area contributed by atoms with E-state index in [4.69, 9.17) is 12.2 Å². The maximum absolute atomic E-state index is 13.4. The molecule has 0 saturated carbocycles. The third-order valence-corrected chi connectivity index (χ3v) is 2.23. The fraction of sp³-hybridized carbons (Fsp3) is 0.333. The number of terminal acetylenes is 1. The Kier molecular flexibility index (Phi) is 4.90. The highest BCUT2D eigenvalue weighted by molar-refractivity contribution is 5.22. The third kappa shape index (κ3) is 3.30. The van der Waals surface area contributed by atoms with Crippen molar-refractivity contribution in [3.8, 4) is 12.3 Å². The number of nitrogens with one attached hydrogen (secondary N) is 1. The minimum atomic E-state index is -0.478. The normalized spacial score (nSPS) is 12.1. The lowest BCUT2D eigenvalue weighted by molar-refractivity contribution is 0.504. The van der Waals surface area contributed by atoms with E-state index >= 15 is 0 Å². The van der Waals surface area contributed by atoms with Crippen molar-refractivity contribution >= 4 is 0 Å². The van der Waals surface area contributed by atoms with Crippen molar-refractivity contribution in [2.45, 2.75) is 12.5 Å². The van der Waals surface area contributed by atoms with Crippen LogP contribution in [0.2, 0.25) is 0 Å². The summed E-state index contributed by atoms with van der Waals surface area (Å²) in [5, 5.41) is 2.98. The predicted molar refractivity (Wildman–Crippen MR) is 59.6 cm³/mol. The Hall–Kier alpha value is -1.44. The number of nitrogens with two attached hydrogens (primary N) is 1. The van der Waals surface area contributed by atoms with Crippen LogP contribution in [0.25, 0.3) is 0 Å². The van der Waals surface area contributed by atoms with Gasteiger partial charge in [-0.1, -0.05) is 0 Å². The van der Waals surface area contributed by atoms with Crippen molar-refractivity contribution in [2.24, 2.45) is 5.73 Å². The molecule has 0 aliphatic heterocycles. The van der Waals surface area contributed by atoms with Gasteiger partial charge in [0.1, 0.15) is 11.6 Å². The van der Waals surface area contributed by atoms with E-state index in [1.807, 2.05) is 0 Å². The van der Waals surface area contributed by atoms with Gasteiger partial charge in [-0.15, -0.1) is 12.3 Å². The number of rotatable bonds is 5. The molecule has 1 aromatic carbocycles. The van der Waals surface area contributed by atoms with Gasteiger partial charge in [-0.05, 0) is 18.2 Å². The molecule has 0 heterocycles. The second kappa shape index (κ2) is 6.21. The van der Waals surface area contributed by atoms with Crippen molar-refractivity contribution in [3.05, 3.63) is 35.4 Å². The van der Waals surface area contributed by atoms with Gasteiger partial charge in [0.05, 0.1) is 0 Å². The number of benzene rings is 1. The largest absolute Gasteiger partial charge is 0.329 e. The Morgan fingerprint density at radius 3 is 2.81 bits per heavy atom. The molecule has 0 aliphatic rings. The van der Waals surface area contributed by atoms with Gasteiger partial charge in [0, 0.05) is 31.1 Å². The average Bonchev–Trinajstić information content (AvgIpc) is 2.28. The highest BCUT2D eigenvalue weighted by Gasteiger charge is 2.14. The van der Waals surface area contributed by atoms with Gasteiger partial charge in [-0.2, -0.15) is 0 Å². The van der Waals surface area contributed by atoms with Crippen LogP contribution in [0.1, 0.15) is 18.0 Å². The Labute approximate surface area is 93.8 Å². The maximum Gasteiger partial charge on any atom is 0.128 e. The second-order valence-corrected chi connectivity index (χ2v) is 3.36. The van der Waals surface area contributed by atoms with Crippen molar-refractivity contribution in [1.82, 2.24) is 5.32 Å². The standard InChI is InChI=1S/C12H14F2N2/c1-2-3-6-16-12(8-15)10-7-9(13)4-5-11(10)14/h1,4-5,7,12,16H,3,6,8,15H2. The molecule has 2 nitrogen and oxygen atoms in total. The predicted octanol–water partition coefficient (Wildman–Crippen LogP) is 1.58. The first kappa shape index (κ1) is 12.6. The van der Waals surface area contributed by atoms with Crippen LogP contribution in [-0.4, -0.2) is 13.1 Å². The first-order valence-corrected chi connectivity index (χ1v) is 5.01. The van der Waals surface area contributed by atoms with Gasteiger partial charge in [-0.25, -0.2) is 8.78 Å². The number of hydrogen-bond acceptors (Lipinski definition) is 2. The zero-order chi connectivity index (χ0) is 12.0. The smallest absolute Gasteiger partial charge is 0.128 e. The van der Waals surface area contributed by atoms with E-state index in [0.717, 1.165) is 18.2 Å². The van der Waals surface area contributed by atoms with Crippen molar-refractivity contribution < 1.29 is 8.78 Å². The van der Waals surface area contributed by atoms with Gasteiger partial charge in [0.15, 0.2) is 0 Å². The molecule has 1 aromatic rings. The summed E-state index contributed by atoms with van der Waals surface area (Å²) in [4.78, 5) is 0. The lowest BCUT2D eigenvalue weighted by atomic mass is 10.1. The molecule has 1 unspecified atom stereocenters. The fourth-order valence-electron chi connectivity index (χ4n) is 1.42. The minimum Gasteiger partial charge on any atom is -0.329 e. The highest BCUT2D eigenvalue weighted by atomic mass is 19.1. The van der Waals surface area contributed by atoms with Crippen LogP contribution in [-0.2, 0) is 0 Å². The van der Waals surface area contributed by atoms with Crippen LogP contribution in [0.4, 0.5) is 8.78 Å². The molecule has 0 saturated heterocycles. The van der Waals surface area contributed by atoms with E-state index in [-0.39, 0.29) is 12.1 Å². The molecular formula is C12H14F2N2. The van der Waals surface area contributed by atoms with E-state index in [9.17, 15) is 8.78 Å². The molecule has 0 amide bonds. The molecule has 0 spiro atoms.